The maximum absolute atomic E-state index is 13.9. The van der Waals surface area contributed by atoms with Crippen molar-refractivity contribution in [3.63, 3.8) is 0 Å². The van der Waals surface area contributed by atoms with E-state index in [1.807, 2.05) is 0 Å². The lowest BCUT2D eigenvalue weighted by atomic mass is 10.1. The monoisotopic (exact) mass is 672 g/mol. The molecule has 246 valence electrons. The molecule has 0 spiro atoms. The minimum Gasteiger partial charge on any atom is -0.475 e. The fraction of sp³-hybridized carbons (Fsp3) is 0.222. The number of sulfonamides is 1. The Labute approximate surface area is 257 Å². The number of aromatic nitrogens is 2. The Bertz CT molecular complexity index is 1720. The molecular weight excluding hydrogens is 647 g/mol. The second-order valence-electron chi connectivity index (χ2n) is 9.39. The number of aliphatic carboxylic acids is 1. The molecule has 3 aromatic rings. The van der Waals surface area contributed by atoms with Crippen molar-refractivity contribution in [2.45, 2.75) is 30.0 Å². The number of piperidine rings is 1. The number of carboxylic acids is 1. The zero-order valence-corrected chi connectivity index (χ0v) is 24.2. The number of carbonyl (C=O) groups excluding carboxylic acids is 3. The first kappa shape index (κ1) is 35.3. The Morgan fingerprint density at radius 3 is 2.15 bits per heavy atom. The van der Waals surface area contributed by atoms with Crippen LogP contribution < -0.4 is 16.0 Å². The van der Waals surface area contributed by atoms with E-state index in [9.17, 15) is 44.8 Å². The van der Waals surface area contributed by atoms with Crippen LogP contribution in [0.15, 0.2) is 66.2 Å². The van der Waals surface area contributed by atoms with Gasteiger partial charge in [0.1, 0.15) is 22.9 Å². The van der Waals surface area contributed by atoms with Gasteiger partial charge in [-0.25, -0.2) is 22.0 Å². The summed E-state index contributed by atoms with van der Waals surface area (Å²) in [5, 5.41) is 20.9. The van der Waals surface area contributed by atoms with E-state index in [1.54, 1.807) is 6.07 Å². The number of alkyl halides is 3. The summed E-state index contributed by atoms with van der Waals surface area (Å²) in [5.41, 5.74) is -0.701. The number of H-pyrrole nitrogens is 1. The number of nitrogens with zero attached hydrogens (tertiary/aromatic N) is 2. The first-order valence-electron chi connectivity index (χ1n) is 13.0. The van der Waals surface area contributed by atoms with Crippen LogP contribution in [-0.4, -0.2) is 77.0 Å². The fourth-order valence-corrected chi connectivity index (χ4v) is 5.54. The average Bonchev–Trinajstić information content (AvgIpc) is 3.45. The van der Waals surface area contributed by atoms with E-state index in [0.717, 1.165) is 30.5 Å². The number of aromatic amines is 1. The number of hydrogen-bond acceptors (Lipinski definition) is 7. The molecule has 1 saturated heterocycles. The number of carbonyl (C=O) groups is 4. The van der Waals surface area contributed by atoms with Crippen molar-refractivity contribution >= 4 is 45.1 Å². The Hall–Kier alpha value is -5.17. The van der Waals surface area contributed by atoms with E-state index >= 15 is 0 Å². The van der Waals surface area contributed by atoms with Crippen LogP contribution in [0, 0.1) is 11.6 Å². The Balaban J connectivity index is 0.000000738. The number of hydrogen-bond donors (Lipinski definition) is 5. The van der Waals surface area contributed by atoms with Gasteiger partial charge < -0.3 is 21.1 Å². The molecule has 1 fully saturated rings. The van der Waals surface area contributed by atoms with Crippen molar-refractivity contribution in [2.24, 2.45) is 0 Å². The number of anilines is 2. The molecule has 13 nitrogen and oxygen atoms in total. The first-order valence-corrected chi connectivity index (χ1v) is 14.4. The van der Waals surface area contributed by atoms with Crippen molar-refractivity contribution in [3.8, 4) is 0 Å². The van der Waals surface area contributed by atoms with Gasteiger partial charge in [0.2, 0.25) is 15.9 Å². The molecule has 19 heteroatoms. The van der Waals surface area contributed by atoms with Crippen LogP contribution in [0.1, 0.15) is 33.7 Å². The lowest BCUT2D eigenvalue weighted by molar-refractivity contribution is -0.192. The van der Waals surface area contributed by atoms with Crippen LogP contribution in [0.5, 0.6) is 0 Å². The molecule has 0 bridgehead atoms. The molecule has 1 aliphatic heterocycles. The van der Waals surface area contributed by atoms with Gasteiger partial charge in [-0.3, -0.25) is 19.5 Å². The van der Waals surface area contributed by atoms with E-state index in [4.69, 9.17) is 9.90 Å². The maximum atomic E-state index is 13.9. The lowest BCUT2D eigenvalue weighted by Crippen LogP contribution is -2.46. The summed E-state index contributed by atoms with van der Waals surface area (Å²) in [7, 11) is -3.86. The van der Waals surface area contributed by atoms with Crippen LogP contribution in [0.4, 0.5) is 33.3 Å². The molecule has 3 amide bonds. The van der Waals surface area contributed by atoms with Gasteiger partial charge in [0.15, 0.2) is 0 Å². The van der Waals surface area contributed by atoms with E-state index in [0.29, 0.717) is 18.5 Å². The summed E-state index contributed by atoms with van der Waals surface area (Å²) in [6, 6.07) is 8.45. The molecule has 2 aromatic carbocycles. The van der Waals surface area contributed by atoms with Crippen molar-refractivity contribution in [1.29, 1.82) is 0 Å². The standard InChI is InChI=1S/C25H24F2N6O5S.C2HF3O2/c1-2-21(34)29-16-5-3-6-17(13-16)39(37,38)33-11-9-15(10-12-33)30-25(36)23-20(14-28-32-23)31-24(35)22-18(26)7-4-8-19(22)27;3-2(4,5)1(6)7/h2-8,13-15H,1,9-12H2,(H,28,32)(H,29,34)(H,30,36)(H,31,35);(H,6,7). The third-order valence-electron chi connectivity index (χ3n) is 6.26. The second kappa shape index (κ2) is 14.7. The van der Waals surface area contributed by atoms with Crippen LogP contribution in [0.2, 0.25) is 0 Å². The highest BCUT2D eigenvalue weighted by Crippen LogP contribution is 2.24. The zero-order chi connectivity index (χ0) is 34.2. The molecule has 5 N–H and O–H groups in total. The molecule has 0 unspecified atom stereocenters. The smallest absolute Gasteiger partial charge is 0.475 e. The predicted molar refractivity (Wildman–Crippen MR) is 151 cm³/mol. The minimum atomic E-state index is -5.08. The molecule has 4 rings (SSSR count). The van der Waals surface area contributed by atoms with Gasteiger partial charge in [0.05, 0.1) is 16.8 Å². The molecule has 0 aliphatic carbocycles. The number of amides is 3. The highest BCUT2D eigenvalue weighted by Gasteiger charge is 2.38. The van der Waals surface area contributed by atoms with E-state index in [-0.39, 0.29) is 29.4 Å². The SMILES string of the molecule is C=CC(=O)Nc1cccc(S(=O)(=O)N2CCC(NC(=O)c3[nH]ncc3NC(=O)c3c(F)cccc3F)CC2)c1.O=C(O)C(F)(F)F. The molecule has 46 heavy (non-hydrogen) atoms. The Morgan fingerprint density at radius 1 is 1.00 bits per heavy atom. The second-order valence-corrected chi connectivity index (χ2v) is 11.3. The van der Waals surface area contributed by atoms with Crippen LogP contribution in [0.3, 0.4) is 0 Å². The molecule has 1 aliphatic rings. The summed E-state index contributed by atoms with van der Waals surface area (Å²) < 4.78 is 87.1. The first-order chi connectivity index (χ1) is 21.5. The van der Waals surface area contributed by atoms with Gasteiger partial charge in [-0.1, -0.05) is 18.7 Å². The summed E-state index contributed by atoms with van der Waals surface area (Å²) in [6.07, 6.45) is -2.28. The summed E-state index contributed by atoms with van der Waals surface area (Å²) in [4.78, 5) is 45.7. The third-order valence-corrected chi connectivity index (χ3v) is 8.16. The number of benzene rings is 2. The summed E-state index contributed by atoms with van der Waals surface area (Å²) in [6.45, 7) is 3.60. The number of halogens is 5. The van der Waals surface area contributed by atoms with E-state index < -0.39 is 63.1 Å². The van der Waals surface area contributed by atoms with Crippen LogP contribution in [-0.2, 0) is 19.6 Å². The predicted octanol–water partition coefficient (Wildman–Crippen LogP) is 3.28. The van der Waals surface area contributed by atoms with Gasteiger partial charge >= 0.3 is 12.1 Å². The zero-order valence-electron chi connectivity index (χ0n) is 23.4. The molecule has 0 saturated carbocycles. The molecule has 1 aromatic heterocycles. The number of carboxylic acid groups (broad SMARTS) is 1. The molecule has 2 heterocycles. The van der Waals surface area contributed by atoms with Crippen molar-refractivity contribution in [3.05, 3.63) is 84.2 Å². The van der Waals surface area contributed by atoms with Gasteiger partial charge in [-0.15, -0.1) is 0 Å². The molecule has 0 atom stereocenters. The highest BCUT2D eigenvalue weighted by atomic mass is 32.2. The van der Waals surface area contributed by atoms with Gasteiger partial charge in [-0.05, 0) is 49.2 Å². The average molecular weight is 673 g/mol. The quantitative estimate of drug-likeness (QED) is 0.178. The topological polar surface area (TPSA) is 191 Å². The Morgan fingerprint density at radius 2 is 1.59 bits per heavy atom. The summed E-state index contributed by atoms with van der Waals surface area (Å²) in [5.74, 6) is -7.07. The molecule has 0 radical (unpaired) electrons. The third kappa shape index (κ3) is 8.94. The fourth-order valence-electron chi connectivity index (χ4n) is 4.03. The normalized spacial score (nSPS) is 13.9. The maximum Gasteiger partial charge on any atom is 0.490 e. The van der Waals surface area contributed by atoms with Crippen molar-refractivity contribution in [2.75, 3.05) is 23.7 Å². The van der Waals surface area contributed by atoms with Gasteiger partial charge in [0, 0.05) is 24.8 Å². The van der Waals surface area contributed by atoms with Gasteiger partial charge in [-0.2, -0.15) is 22.6 Å². The van der Waals surface area contributed by atoms with E-state index in [2.05, 4.69) is 32.7 Å². The summed E-state index contributed by atoms with van der Waals surface area (Å²) >= 11 is 0. The largest absolute Gasteiger partial charge is 0.490 e. The highest BCUT2D eigenvalue weighted by molar-refractivity contribution is 7.89. The van der Waals surface area contributed by atoms with Gasteiger partial charge in [0.25, 0.3) is 11.8 Å². The van der Waals surface area contributed by atoms with Crippen LogP contribution >= 0.6 is 0 Å². The van der Waals surface area contributed by atoms with E-state index in [1.165, 1.54) is 22.5 Å². The van der Waals surface area contributed by atoms with Crippen molar-refractivity contribution in [1.82, 2.24) is 19.8 Å². The lowest BCUT2D eigenvalue weighted by Gasteiger charge is -2.31. The number of nitrogens with one attached hydrogen (secondary N) is 4. The minimum absolute atomic E-state index is 0.0102. The molecular formula is C27H25F5N6O7S. The number of rotatable bonds is 8. The van der Waals surface area contributed by atoms with Crippen LogP contribution in [0.25, 0.3) is 0 Å². The Kier molecular flexibility index (Phi) is 11.3. The van der Waals surface area contributed by atoms with Crippen molar-refractivity contribution < 1.29 is 54.7 Å².